The van der Waals surface area contributed by atoms with Gasteiger partial charge in [0, 0.05) is 7.11 Å². The first-order chi connectivity index (χ1) is 1.91. The van der Waals surface area contributed by atoms with Crippen LogP contribution < -0.4 is 0 Å². The topological polar surface area (TPSA) is 9.23 Å². The molecule has 0 aromatic rings. The largest absolute Gasteiger partial charge is 0.355 e. The molecule has 0 aromatic heterocycles. The number of thiol groups is 1. The van der Waals surface area contributed by atoms with Gasteiger partial charge in [0.1, 0.15) is 0 Å². The Morgan fingerprint density at radius 2 is 2.00 bits per heavy atom. The normalized spacial score (nSPS) is 8.40. The van der Waals surface area contributed by atoms with E-state index in [1.165, 1.54) is 0 Å². The summed E-state index contributed by atoms with van der Waals surface area (Å²) >= 11 is 3.73. The van der Waals surface area contributed by atoms with Gasteiger partial charge in [-0.25, -0.2) is 0 Å². The quantitative estimate of drug-likeness (QED) is 0.401. The van der Waals surface area contributed by atoms with E-state index in [4.69, 9.17) is 0 Å². The zero-order valence-electron chi connectivity index (χ0n) is 2.36. The lowest BCUT2D eigenvalue weighted by Gasteiger charge is -1.75. The maximum absolute atomic E-state index is 4.43. The van der Waals surface area contributed by atoms with E-state index < -0.39 is 0 Å². The molecule has 1 nitrogen and oxygen atoms in total. The van der Waals surface area contributed by atoms with Crippen LogP contribution in [0.4, 0.5) is 0 Å². The molecule has 0 saturated heterocycles. The summed E-state index contributed by atoms with van der Waals surface area (Å²) in [6.07, 6.45) is 0. The van der Waals surface area contributed by atoms with Gasteiger partial charge in [-0.3, -0.25) is 0 Å². The van der Waals surface area contributed by atoms with Crippen LogP contribution in [0.5, 0.6) is 0 Å². The zero-order valence-corrected chi connectivity index (χ0v) is 4.25. The third-order valence-corrected chi connectivity index (χ3v) is 0.822. The van der Waals surface area contributed by atoms with Gasteiger partial charge in [0.05, 0.1) is 8.01 Å². The molecule has 0 radical (unpaired) electrons. The summed E-state index contributed by atoms with van der Waals surface area (Å²) in [5.41, 5.74) is 0. The molecule has 34 valence electrons. The van der Waals surface area contributed by atoms with E-state index in [-0.39, 0.29) is 7.43 Å². The van der Waals surface area contributed by atoms with Crippen molar-refractivity contribution in [2.75, 3.05) is 7.11 Å². The van der Waals surface area contributed by atoms with Crippen molar-refractivity contribution in [3.63, 3.8) is 0 Å². The van der Waals surface area contributed by atoms with Crippen LogP contribution >= 0.6 is 20.3 Å². The van der Waals surface area contributed by atoms with Crippen LogP contribution in [0.2, 0.25) is 0 Å². The fourth-order valence-electron chi connectivity index (χ4n) is 0. The first-order valence-electron chi connectivity index (χ1n) is 0.836. The van der Waals surface area contributed by atoms with E-state index in [9.17, 15) is 0 Å². The summed E-state index contributed by atoms with van der Waals surface area (Å²) in [5, 5.41) is 0. The molecule has 0 spiro atoms. The molecule has 0 heterocycles. The maximum atomic E-state index is 4.43. The molecule has 0 aliphatic heterocycles. The van der Waals surface area contributed by atoms with Gasteiger partial charge in [-0.1, -0.05) is 7.43 Å². The second-order valence-electron chi connectivity index (χ2n) is 0.295. The smallest absolute Gasteiger partial charge is 0.0709 e. The average molecular weight is 112 g/mol. The highest BCUT2D eigenvalue weighted by Crippen LogP contribution is 2.12. The van der Waals surface area contributed by atoms with Gasteiger partial charge >= 0.3 is 0 Å². The van der Waals surface area contributed by atoms with Gasteiger partial charge < -0.3 is 4.52 Å². The van der Waals surface area contributed by atoms with E-state index in [0.717, 1.165) is 0 Å². The molecule has 0 rings (SSSR count). The maximum Gasteiger partial charge on any atom is 0.0709 e. The van der Waals surface area contributed by atoms with Gasteiger partial charge in [0.2, 0.25) is 0 Å². The van der Waals surface area contributed by atoms with E-state index in [1.807, 2.05) is 0 Å². The van der Waals surface area contributed by atoms with Crippen molar-refractivity contribution in [1.29, 1.82) is 0 Å². The highest BCUT2D eigenvalue weighted by molar-refractivity contribution is 8.36. The lowest BCUT2D eigenvalue weighted by atomic mass is 11.8. The Labute approximate surface area is 40.1 Å². The van der Waals surface area contributed by atoms with E-state index in [2.05, 4.69) is 16.8 Å². The van der Waals surface area contributed by atoms with Gasteiger partial charge in [-0.2, -0.15) is 0 Å². The Kier molecular flexibility index (Phi) is 16.3. The molecule has 1 atom stereocenters. The molecule has 0 bridgehead atoms. The third kappa shape index (κ3) is 11.8. The highest BCUT2D eigenvalue weighted by Gasteiger charge is 1.52. The SMILES string of the molecule is C.COPS. The zero-order chi connectivity index (χ0) is 3.41. The summed E-state index contributed by atoms with van der Waals surface area (Å²) in [6, 6.07) is 0. The first-order valence-corrected chi connectivity index (χ1v) is 3.03. The Bertz CT molecular complexity index is 11.6. The molecule has 0 saturated carbocycles. The molecule has 0 fully saturated rings. The van der Waals surface area contributed by atoms with Crippen molar-refractivity contribution in [3.8, 4) is 0 Å². The van der Waals surface area contributed by atoms with Crippen molar-refractivity contribution >= 4 is 20.3 Å². The van der Waals surface area contributed by atoms with Gasteiger partial charge in [0.25, 0.3) is 0 Å². The van der Waals surface area contributed by atoms with Crippen LogP contribution in [-0.4, -0.2) is 7.11 Å². The summed E-state index contributed by atoms with van der Waals surface area (Å²) in [6.45, 7) is 0. The second-order valence-corrected chi connectivity index (χ2v) is 1.43. The molecule has 5 heavy (non-hydrogen) atoms. The lowest BCUT2D eigenvalue weighted by molar-refractivity contribution is 0.485. The Morgan fingerprint density at radius 3 is 2.00 bits per heavy atom. The summed E-state index contributed by atoms with van der Waals surface area (Å²) in [5.74, 6) is 0. The minimum atomic E-state index is 0. The Balaban J connectivity index is 0. The minimum Gasteiger partial charge on any atom is -0.355 e. The van der Waals surface area contributed by atoms with Crippen LogP contribution in [0.25, 0.3) is 0 Å². The molecular formula is C2H9OPS. The lowest BCUT2D eigenvalue weighted by Crippen LogP contribution is -1.43. The average Bonchev–Trinajstić information content (AvgIpc) is 1.37. The van der Waals surface area contributed by atoms with Gasteiger partial charge in [-0.15, -0.1) is 12.2 Å². The Hall–Kier alpha value is 0.740. The highest BCUT2D eigenvalue weighted by atomic mass is 32.7. The molecule has 0 amide bonds. The first kappa shape index (κ1) is 9.22. The third-order valence-electron chi connectivity index (χ3n) is 0.0913. The monoisotopic (exact) mass is 112 g/mol. The standard InChI is InChI=1S/CH5OPS.CH4/c1-2-3-4;/h3-4H,1H3;1H4. The molecule has 0 N–H and O–H groups in total. The number of hydrogen-bond acceptors (Lipinski definition) is 2. The second kappa shape index (κ2) is 8.83. The molecular weight excluding hydrogens is 103 g/mol. The van der Waals surface area contributed by atoms with Crippen molar-refractivity contribution < 1.29 is 4.52 Å². The van der Waals surface area contributed by atoms with Crippen LogP contribution in [-0.2, 0) is 4.52 Å². The molecule has 0 aliphatic rings. The van der Waals surface area contributed by atoms with Gasteiger partial charge in [-0.05, 0) is 0 Å². The van der Waals surface area contributed by atoms with Crippen molar-refractivity contribution in [1.82, 2.24) is 0 Å². The number of rotatable bonds is 1. The fraction of sp³-hybridized carbons (Fsp3) is 1.00. The van der Waals surface area contributed by atoms with Gasteiger partial charge in [0.15, 0.2) is 0 Å². The molecule has 3 heteroatoms. The summed E-state index contributed by atoms with van der Waals surface area (Å²) in [7, 11) is 1.95. The van der Waals surface area contributed by atoms with Crippen molar-refractivity contribution in [3.05, 3.63) is 0 Å². The van der Waals surface area contributed by atoms with Crippen LogP contribution in [0.15, 0.2) is 0 Å². The fourth-order valence-corrected chi connectivity index (χ4v) is 0. The predicted octanol–water partition coefficient (Wildman–Crippen LogP) is 1.71. The van der Waals surface area contributed by atoms with Crippen molar-refractivity contribution in [2.24, 2.45) is 0 Å². The summed E-state index contributed by atoms with van der Waals surface area (Å²) in [4.78, 5) is 0. The van der Waals surface area contributed by atoms with Crippen molar-refractivity contribution in [2.45, 2.75) is 7.43 Å². The summed E-state index contributed by atoms with van der Waals surface area (Å²) < 4.78 is 4.43. The van der Waals surface area contributed by atoms with E-state index >= 15 is 0 Å². The van der Waals surface area contributed by atoms with E-state index in [1.54, 1.807) is 7.11 Å². The molecule has 1 unspecified atom stereocenters. The minimum absolute atomic E-state index is 0. The van der Waals surface area contributed by atoms with Crippen LogP contribution in [0.3, 0.4) is 0 Å². The molecule has 0 aromatic carbocycles. The number of hydrogen-bond donors (Lipinski definition) is 1. The Morgan fingerprint density at radius 1 is 1.80 bits per heavy atom. The van der Waals surface area contributed by atoms with E-state index in [0.29, 0.717) is 8.01 Å². The van der Waals surface area contributed by atoms with Crippen LogP contribution in [0, 0.1) is 0 Å². The van der Waals surface area contributed by atoms with Crippen LogP contribution in [0.1, 0.15) is 7.43 Å². The molecule has 0 aliphatic carbocycles. The predicted molar refractivity (Wildman–Crippen MR) is 31.0 cm³/mol.